The molecule has 2 aromatic rings. The number of nitro groups is 1. The van der Waals surface area contributed by atoms with Crippen molar-refractivity contribution in [3.63, 3.8) is 0 Å². The third kappa shape index (κ3) is 5.63. The van der Waals surface area contributed by atoms with E-state index in [9.17, 15) is 24.5 Å². The van der Waals surface area contributed by atoms with Gasteiger partial charge in [-0.25, -0.2) is 4.90 Å². The highest BCUT2D eigenvalue weighted by atomic mass is 127. The Morgan fingerprint density at radius 3 is 2.51 bits per heavy atom. The number of hydrogen-bond acceptors (Lipinski definition) is 7. The van der Waals surface area contributed by atoms with E-state index in [0.717, 1.165) is 14.5 Å². The van der Waals surface area contributed by atoms with Crippen molar-refractivity contribution in [1.82, 2.24) is 9.80 Å². The molecule has 3 amide bonds. The minimum Gasteiger partial charge on any atom is -0.379 e. The predicted octanol–water partition coefficient (Wildman–Crippen LogP) is 2.96. The fraction of sp³-hybridized carbons (Fsp3) is 0.348. The SMILES string of the molecule is O=C1CC(N(CCN2CCOCC2)C(=O)c2ccc(Cl)c([N+](=O)[O-])c2)C(=O)N1c1ccc(I)cc1. The summed E-state index contributed by atoms with van der Waals surface area (Å²) in [4.78, 5) is 55.1. The summed E-state index contributed by atoms with van der Waals surface area (Å²) in [5.41, 5.74) is 0.0571. The van der Waals surface area contributed by atoms with Gasteiger partial charge in [-0.15, -0.1) is 0 Å². The highest BCUT2D eigenvalue weighted by Crippen LogP contribution is 2.29. The smallest absolute Gasteiger partial charge is 0.288 e. The number of ether oxygens (including phenoxy) is 1. The van der Waals surface area contributed by atoms with Gasteiger partial charge in [0.1, 0.15) is 11.1 Å². The van der Waals surface area contributed by atoms with E-state index >= 15 is 0 Å². The summed E-state index contributed by atoms with van der Waals surface area (Å²) in [6.45, 7) is 3.13. The summed E-state index contributed by atoms with van der Waals surface area (Å²) in [6, 6.07) is 9.69. The Hall–Kier alpha value is -2.61. The maximum absolute atomic E-state index is 13.6. The van der Waals surface area contributed by atoms with Gasteiger partial charge in [0.15, 0.2) is 0 Å². The van der Waals surface area contributed by atoms with Crippen molar-refractivity contribution >= 4 is 63.3 Å². The average Bonchev–Trinajstić information content (AvgIpc) is 3.14. The van der Waals surface area contributed by atoms with Crippen LogP contribution < -0.4 is 4.90 Å². The van der Waals surface area contributed by atoms with E-state index in [1.165, 1.54) is 17.0 Å². The largest absolute Gasteiger partial charge is 0.379 e. The van der Waals surface area contributed by atoms with E-state index in [2.05, 4.69) is 27.5 Å². The second-order valence-electron chi connectivity index (χ2n) is 8.14. The number of nitrogens with zero attached hydrogens (tertiary/aromatic N) is 4. The molecule has 184 valence electrons. The van der Waals surface area contributed by atoms with Crippen LogP contribution >= 0.6 is 34.2 Å². The Kier molecular flexibility index (Phi) is 7.99. The van der Waals surface area contributed by atoms with Crippen LogP contribution in [0.4, 0.5) is 11.4 Å². The number of nitro benzene ring substituents is 1. The molecule has 2 fully saturated rings. The average molecular weight is 613 g/mol. The first-order valence-corrected chi connectivity index (χ1v) is 12.4. The van der Waals surface area contributed by atoms with Crippen LogP contribution in [0.3, 0.4) is 0 Å². The molecule has 2 heterocycles. The normalized spacial score (nSPS) is 18.7. The molecule has 2 aliphatic heterocycles. The van der Waals surface area contributed by atoms with E-state index in [0.29, 0.717) is 38.5 Å². The predicted molar refractivity (Wildman–Crippen MR) is 136 cm³/mol. The van der Waals surface area contributed by atoms with Crippen LogP contribution in [0.15, 0.2) is 42.5 Å². The second kappa shape index (κ2) is 11.0. The third-order valence-electron chi connectivity index (χ3n) is 6.00. The summed E-state index contributed by atoms with van der Waals surface area (Å²) in [7, 11) is 0. The van der Waals surface area contributed by atoms with Gasteiger partial charge in [0.05, 0.1) is 30.2 Å². The van der Waals surface area contributed by atoms with E-state index in [1.54, 1.807) is 24.3 Å². The van der Waals surface area contributed by atoms with E-state index < -0.39 is 34.4 Å². The maximum atomic E-state index is 13.6. The zero-order chi connectivity index (χ0) is 25.1. The summed E-state index contributed by atoms with van der Waals surface area (Å²) >= 11 is 8.04. The topological polar surface area (TPSA) is 113 Å². The number of halogens is 2. The molecule has 0 aliphatic carbocycles. The Morgan fingerprint density at radius 1 is 1.17 bits per heavy atom. The lowest BCUT2D eigenvalue weighted by Crippen LogP contribution is -2.49. The highest BCUT2D eigenvalue weighted by Gasteiger charge is 2.44. The molecule has 0 saturated carbocycles. The first-order valence-electron chi connectivity index (χ1n) is 10.9. The molecule has 10 nitrogen and oxygen atoms in total. The van der Waals surface area contributed by atoms with Gasteiger partial charge >= 0.3 is 0 Å². The fourth-order valence-corrected chi connectivity index (χ4v) is 4.69. The fourth-order valence-electron chi connectivity index (χ4n) is 4.15. The molecule has 0 aromatic heterocycles. The van der Waals surface area contributed by atoms with Crippen molar-refractivity contribution in [3.05, 3.63) is 66.7 Å². The molecule has 0 radical (unpaired) electrons. The quantitative estimate of drug-likeness (QED) is 0.205. The Balaban J connectivity index is 1.63. The lowest BCUT2D eigenvalue weighted by Gasteiger charge is -2.32. The van der Waals surface area contributed by atoms with Crippen molar-refractivity contribution in [1.29, 1.82) is 0 Å². The molecule has 12 heteroatoms. The molecule has 4 rings (SSSR count). The Labute approximate surface area is 220 Å². The first kappa shape index (κ1) is 25.5. The van der Waals surface area contributed by atoms with Gasteiger partial charge in [-0.2, -0.15) is 0 Å². The van der Waals surface area contributed by atoms with Crippen LogP contribution in [0.2, 0.25) is 5.02 Å². The number of rotatable bonds is 7. The van der Waals surface area contributed by atoms with Gasteiger partial charge in [-0.1, -0.05) is 11.6 Å². The molecule has 35 heavy (non-hydrogen) atoms. The van der Waals surface area contributed by atoms with Gasteiger partial charge < -0.3 is 9.64 Å². The van der Waals surface area contributed by atoms with Crippen molar-refractivity contribution in [3.8, 4) is 0 Å². The number of hydrogen-bond donors (Lipinski definition) is 0. The van der Waals surface area contributed by atoms with E-state index in [4.69, 9.17) is 16.3 Å². The van der Waals surface area contributed by atoms with Gasteiger partial charge in [0.2, 0.25) is 5.91 Å². The van der Waals surface area contributed by atoms with Crippen molar-refractivity contribution in [2.45, 2.75) is 12.5 Å². The van der Waals surface area contributed by atoms with Gasteiger partial charge in [-0.3, -0.25) is 29.4 Å². The molecule has 1 unspecified atom stereocenters. The maximum Gasteiger partial charge on any atom is 0.288 e. The molecule has 2 aromatic carbocycles. The van der Waals surface area contributed by atoms with Crippen LogP contribution in [0.1, 0.15) is 16.8 Å². The van der Waals surface area contributed by atoms with E-state index in [-0.39, 0.29) is 23.6 Å². The molecule has 0 N–H and O–H groups in total. The number of imide groups is 1. The molecular weight excluding hydrogens is 591 g/mol. The van der Waals surface area contributed by atoms with Crippen LogP contribution in [0.25, 0.3) is 0 Å². The van der Waals surface area contributed by atoms with Gasteiger partial charge in [-0.05, 0) is 59.0 Å². The number of carbonyl (C=O) groups is 3. The number of anilines is 1. The lowest BCUT2D eigenvalue weighted by atomic mass is 10.1. The summed E-state index contributed by atoms with van der Waals surface area (Å²) < 4.78 is 6.32. The standard InChI is InChI=1S/C23H22ClIN4O6/c24-18-6-1-15(13-19(18)29(33)34)22(31)27(8-7-26-9-11-35-12-10-26)20-14-21(30)28(23(20)32)17-4-2-16(25)3-5-17/h1-6,13,20H,7-12,14H2. The number of benzene rings is 2. The lowest BCUT2D eigenvalue weighted by molar-refractivity contribution is -0.384. The van der Waals surface area contributed by atoms with Crippen molar-refractivity contribution in [2.24, 2.45) is 0 Å². The van der Waals surface area contributed by atoms with Gasteiger partial charge in [0.25, 0.3) is 17.5 Å². The first-order chi connectivity index (χ1) is 16.8. The number of morpholine rings is 1. The highest BCUT2D eigenvalue weighted by molar-refractivity contribution is 14.1. The molecular formula is C23H22ClIN4O6. The number of carbonyl (C=O) groups excluding carboxylic acids is 3. The Bertz CT molecular complexity index is 1160. The van der Waals surface area contributed by atoms with Crippen molar-refractivity contribution in [2.75, 3.05) is 44.3 Å². The zero-order valence-electron chi connectivity index (χ0n) is 18.6. The summed E-state index contributed by atoms with van der Waals surface area (Å²) in [5.74, 6) is -1.49. The molecule has 0 spiro atoms. The molecule has 2 saturated heterocycles. The van der Waals surface area contributed by atoms with Crippen LogP contribution in [-0.2, 0) is 14.3 Å². The Morgan fingerprint density at radius 2 is 1.86 bits per heavy atom. The molecule has 1 atom stereocenters. The molecule has 2 aliphatic rings. The van der Waals surface area contributed by atoms with Crippen LogP contribution in [0.5, 0.6) is 0 Å². The zero-order valence-corrected chi connectivity index (χ0v) is 21.5. The summed E-state index contributed by atoms with van der Waals surface area (Å²) in [6.07, 6.45) is -0.171. The third-order valence-corrected chi connectivity index (χ3v) is 7.03. The minimum absolute atomic E-state index is 0.0241. The van der Waals surface area contributed by atoms with Crippen LogP contribution in [-0.4, -0.2) is 77.9 Å². The van der Waals surface area contributed by atoms with E-state index in [1.807, 2.05) is 0 Å². The van der Waals surface area contributed by atoms with Crippen molar-refractivity contribution < 1.29 is 24.0 Å². The molecule has 0 bridgehead atoms. The second-order valence-corrected chi connectivity index (χ2v) is 9.79. The monoisotopic (exact) mass is 612 g/mol. The summed E-state index contributed by atoms with van der Waals surface area (Å²) in [5, 5.41) is 11.3. The van der Waals surface area contributed by atoms with Gasteiger partial charge in [0, 0.05) is 41.4 Å². The van der Waals surface area contributed by atoms with Crippen LogP contribution in [0, 0.1) is 13.7 Å². The number of amides is 3. The minimum atomic E-state index is -1.02.